The fourth-order valence-corrected chi connectivity index (χ4v) is 5.62. The van der Waals surface area contributed by atoms with E-state index in [1.807, 2.05) is 48.5 Å². The smallest absolute Gasteiger partial charge is 0.338 e. The number of rotatable bonds is 7. The highest BCUT2D eigenvalue weighted by atomic mass is 35.5. The van der Waals surface area contributed by atoms with E-state index in [1.54, 1.807) is 48.9 Å². The molecule has 2 heterocycles. The minimum Gasteiger partial charge on any atom is -0.493 e. The highest BCUT2D eigenvalue weighted by molar-refractivity contribution is 7.07. The van der Waals surface area contributed by atoms with Crippen molar-refractivity contribution in [1.29, 1.82) is 0 Å². The standard InChI is InChI=1S/C30H25ClN2O5S/c1-4-38-29(35)25-26(19-8-6-5-7-9-19)32-30-33(27(25)20-12-15-22(36-2)23(17-20)37-3)28(34)24(39-30)16-18-10-13-21(31)14-11-18/h5-17,27H,4H2,1-3H3/b24-16-/t27-/m0/s1. The first-order valence-corrected chi connectivity index (χ1v) is 13.4. The van der Waals surface area contributed by atoms with E-state index in [9.17, 15) is 9.59 Å². The SMILES string of the molecule is CCOC(=O)C1=C(c2ccccc2)N=c2s/c(=C\c3ccc(Cl)cc3)c(=O)n2[C@H]1c1ccc(OC)c(OC)c1. The zero-order valence-electron chi connectivity index (χ0n) is 21.5. The molecule has 39 heavy (non-hydrogen) atoms. The number of halogens is 1. The number of benzene rings is 3. The number of methoxy groups -OCH3 is 2. The second kappa shape index (κ2) is 11.3. The van der Waals surface area contributed by atoms with Gasteiger partial charge in [-0.1, -0.05) is 71.5 Å². The van der Waals surface area contributed by atoms with Crippen molar-refractivity contribution < 1.29 is 19.0 Å². The normalized spacial score (nSPS) is 15.0. The van der Waals surface area contributed by atoms with Gasteiger partial charge in [0.2, 0.25) is 0 Å². The number of hydrogen-bond donors (Lipinski definition) is 0. The van der Waals surface area contributed by atoms with Crippen molar-refractivity contribution in [1.82, 2.24) is 4.57 Å². The largest absolute Gasteiger partial charge is 0.493 e. The molecule has 4 aromatic rings. The summed E-state index contributed by atoms with van der Waals surface area (Å²) in [6, 6.07) is 21.1. The molecule has 198 valence electrons. The molecule has 0 saturated carbocycles. The lowest BCUT2D eigenvalue weighted by Gasteiger charge is -2.26. The van der Waals surface area contributed by atoms with Crippen molar-refractivity contribution in [3.63, 3.8) is 0 Å². The van der Waals surface area contributed by atoms with E-state index in [4.69, 9.17) is 30.8 Å². The molecule has 7 nitrogen and oxygen atoms in total. The molecule has 1 atom stereocenters. The quantitative estimate of drug-likeness (QED) is 0.309. The van der Waals surface area contributed by atoms with Gasteiger partial charge in [-0.05, 0) is 48.4 Å². The average Bonchev–Trinajstić information content (AvgIpc) is 3.27. The minimum atomic E-state index is -0.817. The van der Waals surface area contributed by atoms with Crippen LogP contribution in [-0.4, -0.2) is 31.4 Å². The van der Waals surface area contributed by atoms with E-state index in [0.717, 1.165) is 11.1 Å². The molecule has 1 aromatic heterocycles. The van der Waals surface area contributed by atoms with Crippen LogP contribution in [0.2, 0.25) is 5.02 Å². The van der Waals surface area contributed by atoms with Gasteiger partial charge in [-0.15, -0.1) is 0 Å². The van der Waals surface area contributed by atoms with Crippen LogP contribution in [0.25, 0.3) is 11.8 Å². The lowest BCUT2D eigenvalue weighted by molar-refractivity contribution is -0.138. The Bertz CT molecular complexity index is 1740. The van der Waals surface area contributed by atoms with Gasteiger partial charge < -0.3 is 14.2 Å². The van der Waals surface area contributed by atoms with Gasteiger partial charge >= 0.3 is 5.97 Å². The Morgan fingerprint density at radius 3 is 2.41 bits per heavy atom. The summed E-state index contributed by atoms with van der Waals surface area (Å²) in [6.07, 6.45) is 1.79. The maximum Gasteiger partial charge on any atom is 0.338 e. The van der Waals surface area contributed by atoms with E-state index in [0.29, 0.717) is 37.1 Å². The van der Waals surface area contributed by atoms with Crippen LogP contribution in [0, 0.1) is 0 Å². The van der Waals surface area contributed by atoms with Gasteiger partial charge in [0.25, 0.3) is 5.56 Å². The van der Waals surface area contributed by atoms with Crippen molar-refractivity contribution in [2.75, 3.05) is 20.8 Å². The molecule has 0 bridgehead atoms. The Morgan fingerprint density at radius 2 is 1.74 bits per heavy atom. The Labute approximate surface area is 233 Å². The summed E-state index contributed by atoms with van der Waals surface area (Å²) in [7, 11) is 3.09. The second-order valence-electron chi connectivity index (χ2n) is 8.60. The van der Waals surface area contributed by atoms with E-state index in [1.165, 1.54) is 18.4 Å². The first kappa shape index (κ1) is 26.5. The van der Waals surface area contributed by atoms with Crippen molar-refractivity contribution in [3.05, 3.63) is 120 Å². The molecule has 0 amide bonds. The van der Waals surface area contributed by atoms with E-state index in [2.05, 4.69) is 0 Å². The topological polar surface area (TPSA) is 79.1 Å². The molecule has 0 spiro atoms. The van der Waals surface area contributed by atoms with Crippen LogP contribution in [0.3, 0.4) is 0 Å². The highest BCUT2D eigenvalue weighted by Crippen LogP contribution is 2.38. The van der Waals surface area contributed by atoms with Crippen LogP contribution in [0.15, 0.2) is 88.2 Å². The molecular formula is C30H25ClN2O5S. The third-order valence-corrected chi connectivity index (χ3v) is 7.50. The lowest BCUT2D eigenvalue weighted by atomic mass is 9.93. The predicted molar refractivity (Wildman–Crippen MR) is 152 cm³/mol. The van der Waals surface area contributed by atoms with E-state index in [-0.39, 0.29) is 17.7 Å². The summed E-state index contributed by atoms with van der Waals surface area (Å²) in [6.45, 7) is 1.91. The molecule has 0 radical (unpaired) electrons. The molecule has 1 aliphatic heterocycles. The summed E-state index contributed by atoms with van der Waals surface area (Å²) in [5, 5.41) is 0.605. The number of esters is 1. The van der Waals surface area contributed by atoms with Crippen molar-refractivity contribution >= 4 is 40.7 Å². The van der Waals surface area contributed by atoms with Gasteiger partial charge in [-0.3, -0.25) is 9.36 Å². The number of carbonyl (C=O) groups is 1. The molecule has 0 aliphatic carbocycles. The Morgan fingerprint density at radius 1 is 1.03 bits per heavy atom. The molecule has 0 saturated heterocycles. The summed E-state index contributed by atoms with van der Waals surface area (Å²) in [5.74, 6) is 0.452. The summed E-state index contributed by atoms with van der Waals surface area (Å²) in [4.78, 5) is 32.8. The summed E-state index contributed by atoms with van der Waals surface area (Å²) < 4.78 is 18.5. The monoisotopic (exact) mass is 560 g/mol. The number of carbonyl (C=O) groups excluding carboxylic acids is 1. The number of thiazole rings is 1. The lowest BCUT2D eigenvalue weighted by Crippen LogP contribution is -2.40. The van der Waals surface area contributed by atoms with Crippen LogP contribution in [0.4, 0.5) is 0 Å². The number of fused-ring (bicyclic) bond motifs is 1. The number of aromatic nitrogens is 1. The van der Waals surface area contributed by atoms with Crippen molar-refractivity contribution in [2.24, 2.45) is 4.99 Å². The molecule has 5 rings (SSSR count). The predicted octanol–water partition coefficient (Wildman–Crippen LogP) is 4.61. The third kappa shape index (κ3) is 5.13. The minimum absolute atomic E-state index is 0.171. The fraction of sp³-hybridized carbons (Fsp3) is 0.167. The van der Waals surface area contributed by atoms with Crippen LogP contribution < -0.4 is 24.4 Å². The Kier molecular flexibility index (Phi) is 7.67. The van der Waals surface area contributed by atoms with Crippen molar-refractivity contribution in [3.8, 4) is 11.5 Å². The highest BCUT2D eigenvalue weighted by Gasteiger charge is 2.35. The molecule has 0 unspecified atom stereocenters. The maximum atomic E-state index is 13.9. The summed E-state index contributed by atoms with van der Waals surface area (Å²) >= 11 is 7.30. The van der Waals surface area contributed by atoms with E-state index < -0.39 is 12.0 Å². The number of hydrogen-bond acceptors (Lipinski definition) is 7. The van der Waals surface area contributed by atoms with Gasteiger partial charge in [0.15, 0.2) is 16.3 Å². The molecule has 0 fully saturated rings. The first-order chi connectivity index (χ1) is 18.9. The fourth-order valence-electron chi connectivity index (χ4n) is 4.49. The zero-order valence-corrected chi connectivity index (χ0v) is 23.1. The number of ether oxygens (including phenoxy) is 3. The van der Waals surface area contributed by atoms with Gasteiger partial charge in [-0.25, -0.2) is 9.79 Å². The van der Waals surface area contributed by atoms with Gasteiger partial charge in [0.05, 0.1) is 42.7 Å². The zero-order chi connectivity index (χ0) is 27.5. The molecule has 3 aromatic carbocycles. The Hall–Kier alpha value is -4.14. The van der Waals surface area contributed by atoms with E-state index >= 15 is 0 Å². The van der Waals surface area contributed by atoms with Gasteiger partial charge in [-0.2, -0.15) is 0 Å². The van der Waals surface area contributed by atoms with Crippen LogP contribution in [-0.2, 0) is 9.53 Å². The van der Waals surface area contributed by atoms with Crippen LogP contribution >= 0.6 is 22.9 Å². The van der Waals surface area contributed by atoms with Crippen molar-refractivity contribution in [2.45, 2.75) is 13.0 Å². The molecule has 9 heteroatoms. The molecule has 1 aliphatic rings. The summed E-state index contributed by atoms with van der Waals surface area (Å²) in [5.41, 5.74) is 2.65. The van der Waals surface area contributed by atoms with Gasteiger partial charge in [0.1, 0.15) is 0 Å². The first-order valence-electron chi connectivity index (χ1n) is 12.2. The molecular weight excluding hydrogens is 536 g/mol. The van der Waals surface area contributed by atoms with Crippen LogP contribution in [0.5, 0.6) is 11.5 Å². The average molecular weight is 561 g/mol. The van der Waals surface area contributed by atoms with Gasteiger partial charge in [0, 0.05) is 10.6 Å². The number of nitrogens with zero attached hydrogens (tertiary/aromatic N) is 2. The second-order valence-corrected chi connectivity index (χ2v) is 10.0. The molecule has 0 N–H and O–H groups in total. The van der Waals surface area contributed by atoms with Crippen LogP contribution in [0.1, 0.15) is 29.7 Å². The Balaban J connectivity index is 1.84. The third-order valence-electron chi connectivity index (χ3n) is 6.26. The maximum absolute atomic E-state index is 13.9.